The van der Waals surface area contributed by atoms with Gasteiger partial charge in [0.2, 0.25) is 0 Å². The summed E-state index contributed by atoms with van der Waals surface area (Å²) in [5, 5.41) is 27.2. The van der Waals surface area contributed by atoms with Crippen molar-refractivity contribution in [2.45, 2.75) is 98.3 Å². The molecule has 0 atom stereocenters. The van der Waals surface area contributed by atoms with E-state index in [4.69, 9.17) is 18.6 Å². The fourth-order valence-electron chi connectivity index (χ4n) is 9.62. The summed E-state index contributed by atoms with van der Waals surface area (Å²) in [7, 11) is 8.33. The molecular weight excluding hydrogens is 755 g/mol. The third-order valence-electron chi connectivity index (χ3n) is 12.3. The van der Waals surface area contributed by atoms with Gasteiger partial charge in [0.15, 0.2) is 0 Å². The Morgan fingerprint density at radius 2 is 1.55 bits per heavy atom. The van der Waals surface area contributed by atoms with Crippen molar-refractivity contribution in [3.63, 3.8) is 0 Å². The van der Waals surface area contributed by atoms with Crippen LogP contribution < -0.4 is 10.7 Å². The second-order valence-corrected chi connectivity index (χ2v) is 21.9. The molecule has 2 aromatic heterocycles. The van der Waals surface area contributed by atoms with Crippen LogP contribution in [0.1, 0.15) is 106 Å². The van der Waals surface area contributed by atoms with E-state index >= 15 is 0 Å². The normalized spacial score (nSPS) is 16.6. The molecule has 2 aromatic carbocycles. The minimum atomic E-state index is -3.64. The molecule has 51 heavy (non-hydrogen) atoms. The molecule has 6 nitrogen and oxygen atoms in total. The van der Waals surface area contributed by atoms with Gasteiger partial charge in [0.05, 0.1) is 0 Å². The Morgan fingerprint density at radius 1 is 0.824 bits per heavy atom. The van der Waals surface area contributed by atoms with E-state index < -0.39 is 20.8 Å². The van der Waals surface area contributed by atoms with Crippen molar-refractivity contribution in [1.29, 1.82) is 0 Å². The summed E-state index contributed by atoms with van der Waals surface area (Å²) in [6, 6.07) is 11.3. The molecule has 0 spiro atoms. The zero-order valence-corrected chi connectivity index (χ0v) is 34.9. The molecule has 6 heterocycles. The van der Waals surface area contributed by atoms with E-state index in [2.05, 4.69) is 95.2 Å². The average molecular weight is 803 g/mol. The van der Waals surface area contributed by atoms with Crippen molar-refractivity contribution in [2.75, 3.05) is 13.2 Å². The number of aliphatic imine (C=N–C) groups is 1. The van der Waals surface area contributed by atoms with Crippen molar-refractivity contribution in [3.05, 3.63) is 113 Å². The van der Waals surface area contributed by atoms with Crippen LogP contribution in [0.15, 0.2) is 62.9 Å². The molecular formula is C43H48ClInN4O2. The van der Waals surface area contributed by atoms with Gasteiger partial charge in [-0.3, -0.25) is 0 Å². The fraction of sp³-hybridized carbons (Fsp3) is 0.395. The molecule has 0 amide bonds. The predicted octanol–water partition coefficient (Wildman–Crippen LogP) is 7.43. The molecule has 0 unspecified atom stereocenters. The quantitative estimate of drug-likeness (QED) is 0.175. The van der Waals surface area contributed by atoms with Crippen molar-refractivity contribution in [1.82, 2.24) is 5.11 Å². The van der Waals surface area contributed by atoms with Gasteiger partial charge in [-0.25, -0.2) is 0 Å². The third kappa shape index (κ3) is 4.97. The Kier molecular flexibility index (Phi) is 9.18. The minimum absolute atomic E-state index is 0.128. The Morgan fingerprint density at radius 3 is 2.25 bits per heavy atom. The first-order valence-corrected chi connectivity index (χ1v) is 26.1. The van der Waals surface area contributed by atoms with Gasteiger partial charge in [0.1, 0.15) is 0 Å². The molecule has 4 aromatic rings. The number of rotatable bonds is 10. The molecule has 4 aliphatic heterocycles. The third-order valence-corrected chi connectivity index (χ3v) is 20.5. The standard InChI is InChI=1S/C43H48N4O2.ClH.In/c1-7-28-29(8-2)41-40-32-16-12-11-15-27(32)21-33-42(40)47-39(43(33,9-3)10-4)24-35-26(6)31(18-14-20-49)38(45-35)23-37-30(17-13-19-48)25(5)34(44-37)22-36(28)46-41;;/h11-12,15-16,21-24,48-49H,7-10,13-14,17-20H2,1-6H3;1H;/q-2;;+3/p-1. The molecule has 8 rings (SSSR count). The Hall–Kier alpha value is -3.10. The van der Waals surface area contributed by atoms with Gasteiger partial charge in [0, 0.05) is 0 Å². The maximum absolute atomic E-state index is 10.1. The van der Waals surface area contributed by atoms with E-state index in [0.29, 0.717) is 12.8 Å². The number of fused-ring (bicyclic) bond motifs is 4. The first kappa shape index (κ1) is 35.0. The first-order chi connectivity index (χ1) is 24.8. The van der Waals surface area contributed by atoms with Crippen molar-refractivity contribution in [3.8, 4) is 0 Å². The number of aromatic nitrogens is 2. The number of aliphatic hydroxyl groups excluding tert-OH is 2. The Labute approximate surface area is 312 Å². The van der Waals surface area contributed by atoms with Gasteiger partial charge in [-0.15, -0.1) is 0 Å². The molecule has 8 heteroatoms. The van der Waals surface area contributed by atoms with Gasteiger partial charge in [0.25, 0.3) is 0 Å². The molecule has 0 fully saturated rings. The van der Waals surface area contributed by atoms with Crippen molar-refractivity contribution in [2.24, 2.45) is 9.98 Å². The van der Waals surface area contributed by atoms with Gasteiger partial charge >= 0.3 is 314 Å². The van der Waals surface area contributed by atoms with E-state index in [0.717, 1.165) is 72.4 Å². The van der Waals surface area contributed by atoms with Crippen LogP contribution in [0.5, 0.6) is 0 Å². The molecule has 0 saturated carbocycles. The van der Waals surface area contributed by atoms with Gasteiger partial charge in [-0.2, -0.15) is 0 Å². The number of nitrogens with zero attached hydrogens (tertiary/aromatic N) is 4. The summed E-state index contributed by atoms with van der Waals surface area (Å²) in [5.74, 6) is 0. The van der Waals surface area contributed by atoms with E-state index in [9.17, 15) is 10.2 Å². The summed E-state index contributed by atoms with van der Waals surface area (Å²) < 4.78 is 5.15. The zero-order chi connectivity index (χ0) is 35.8. The van der Waals surface area contributed by atoms with E-state index in [1.165, 1.54) is 65.7 Å². The fourth-order valence-corrected chi connectivity index (χ4v) is 18.5. The van der Waals surface area contributed by atoms with Crippen molar-refractivity contribution < 1.29 is 10.2 Å². The molecule has 262 valence electrons. The number of hydrogen-bond acceptors (Lipinski definition) is 4. The average Bonchev–Trinajstić information content (AvgIpc) is 3.80. The Balaban J connectivity index is 1.71. The summed E-state index contributed by atoms with van der Waals surface area (Å²) in [4.78, 5) is 11.1. The molecule has 6 bridgehead atoms. The Bertz CT molecular complexity index is 2490. The second-order valence-electron chi connectivity index (χ2n) is 14.6. The molecule has 0 saturated heterocycles. The maximum atomic E-state index is 10.1. The van der Waals surface area contributed by atoms with Crippen LogP contribution in [-0.2, 0) is 24.7 Å². The number of halogens is 1. The van der Waals surface area contributed by atoms with Gasteiger partial charge < -0.3 is 0 Å². The topological polar surface area (TPSA) is 75.0 Å². The van der Waals surface area contributed by atoms with E-state index in [-0.39, 0.29) is 18.6 Å². The van der Waals surface area contributed by atoms with Crippen LogP contribution in [0.25, 0.3) is 29.0 Å². The SMILES string of the molecule is CCc1c(CC)c2[n]3c1=CC1=NC(=Cc4c(CCCO)c(C)c([n]4[In]3[Cl])C=C3N=c4c(cc5ccccc5c4=2)C3(CC)CC)C(CCCO)=C1C. The number of aliphatic hydroxyl groups is 2. The van der Waals surface area contributed by atoms with Crippen LogP contribution in [-0.4, -0.2) is 55.1 Å². The van der Waals surface area contributed by atoms with Crippen LogP contribution in [0.4, 0.5) is 0 Å². The van der Waals surface area contributed by atoms with Crippen molar-refractivity contribution >= 4 is 64.1 Å². The summed E-state index contributed by atoms with van der Waals surface area (Å²) in [6.07, 6.45) is 13.5. The number of benzene rings is 2. The molecule has 0 radical (unpaired) electrons. The summed E-state index contributed by atoms with van der Waals surface area (Å²) in [6.45, 7) is 13.9. The predicted molar refractivity (Wildman–Crippen MR) is 212 cm³/mol. The molecule has 0 aliphatic carbocycles. The van der Waals surface area contributed by atoms with Crippen LogP contribution >= 0.6 is 8.58 Å². The van der Waals surface area contributed by atoms with Crippen LogP contribution in [0.2, 0.25) is 0 Å². The first-order valence-electron chi connectivity index (χ1n) is 19.0. The summed E-state index contributed by atoms with van der Waals surface area (Å²) >= 11 is -3.64. The zero-order valence-electron chi connectivity index (χ0n) is 30.8. The number of hydrogen-bond donors (Lipinski definition) is 2. The van der Waals surface area contributed by atoms with Gasteiger partial charge in [-0.1, -0.05) is 0 Å². The second kappa shape index (κ2) is 13.4. The monoisotopic (exact) mass is 802 g/mol. The van der Waals surface area contributed by atoms with Gasteiger partial charge in [-0.05, 0) is 0 Å². The number of allylic oxidation sites excluding steroid dienone is 3. The van der Waals surface area contributed by atoms with E-state index in [1.807, 2.05) is 0 Å². The van der Waals surface area contributed by atoms with Crippen LogP contribution in [0, 0.1) is 17.5 Å². The van der Waals surface area contributed by atoms with E-state index in [1.54, 1.807) is 0 Å². The molecule has 4 aliphatic rings. The molecule has 2 N–H and O–H groups in total. The summed E-state index contributed by atoms with van der Waals surface area (Å²) in [5.41, 5.74) is 14.0. The van der Waals surface area contributed by atoms with Crippen LogP contribution in [0.3, 0.4) is 0 Å².